The number of rotatable bonds is 0. The fourth-order valence-electron chi connectivity index (χ4n) is 4.20. The Morgan fingerprint density at radius 2 is 1.25 bits per heavy atom. The van der Waals surface area contributed by atoms with Gasteiger partial charge in [-0.2, -0.15) is 0 Å². The monoisotopic (exact) mass is 190 g/mol. The molecule has 0 unspecified atom stereocenters. The summed E-state index contributed by atoms with van der Waals surface area (Å²) >= 11 is 0. The van der Waals surface area contributed by atoms with E-state index >= 15 is 0 Å². The van der Waals surface area contributed by atoms with E-state index in [1.165, 1.54) is 0 Å². The van der Waals surface area contributed by atoms with E-state index in [0.29, 0.717) is 0 Å². The van der Waals surface area contributed by atoms with Gasteiger partial charge in [-0.25, -0.2) is 0 Å². The van der Waals surface area contributed by atoms with Crippen LogP contribution in [0.25, 0.3) is 0 Å². The summed E-state index contributed by atoms with van der Waals surface area (Å²) in [6, 6.07) is 0. The van der Waals surface area contributed by atoms with Gasteiger partial charge < -0.3 is 1.43 Å². The molecule has 4 saturated carbocycles. The maximum Gasteiger partial charge on any atom is 1.00 e. The smallest absolute Gasteiger partial charge is 1.00 e. The number of hydrogen-bond acceptors (Lipinski definition) is 0. The van der Waals surface area contributed by atoms with Crippen LogP contribution in [-0.2, 0) is 0 Å². The molecule has 0 aromatic heterocycles. The molecule has 4 rings (SSSR count). The molecule has 0 amide bonds. The summed E-state index contributed by atoms with van der Waals surface area (Å²) in [4.78, 5) is 0. The summed E-state index contributed by atoms with van der Waals surface area (Å²) in [5, 5.41) is 0. The van der Waals surface area contributed by atoms with Crippen LogP contribution in [0.3, 0.4) is 0 Å². The van der Waals surface area contributed by atoms with Gasteiger partial charge in [-0.1, -0.05) is 6.92 Å². The Balaban J connectivity index is 0.000000422. The Hall–Kier alpha value is 1.64. The van der Waals surface area contributed by atoms with Crippen LogP contribution < -0.4 is 51.4 Å². The van der Waals surface area contributed by atoms with Crippen molar-refractivity contribution < 1.29 is 52.8 Å². The normalized spacial score (nSPS) is 55.2. The van der Waals surface area contributed by atoms with Crippen molar-refractivity contribution in [1.29, 1.82) is 0 Å². The molecule has 12 heavy (non-hydrogen) atoms. The summed E-state index contributed by atoms with van der Waals surface area (Å²) < 4.78 is 0. The molecule has 4 fully saturated rings. The SMILES string of the molecule is CC1C2CC3CC(C2)CC1C3.[H-].[K+]. The van der Waals surface area contributed by atoms with Crippen LogP contribution >= 0.6 is 0 Å². The van der Waals surface area contributed by atoms with Gasteiger partial charge in [0, 0.05) is 0 Å². The van der Waals surface area contributed by atoms with E-state index in [-0.39, 0.29) is 52.8 Å². The first kappa shape index (κ1) is 10.2. The third-order valence-corrected chi connectivity index (χ3v) is 4.70. The van der Waals surface area contributed by atoms with E-state index in [9.17, 15) is 0 Å². The second-order valence-corrected chi connectivity index (χ2v) is 5.29. The minimum absolute atomic E-state index is 0. The third kappa shape index (κ3) is 1.50. The van der Waals surface area contributed by atoms with Crippen molar-refractivity contribution in [3.8, 4) is 0 Å². The zero-order chi connectivity index (χ0) is 7.42. The van der Waals surface area contributed by atoms with Crippen molar-refractivity contribution in [2.24, 2.45) is 29.6 Å². The second-order valence-electron chi connectivity index (χ2n) is 5.29. The van der Waals surface area contributed by atoms with Crippen molar-refractivity contribution in [2.45, 2.75) is 39.0 Å². The largest absolute Gasteiger partial charge is 1.00 e. The predicted octanol–water partition coefficient (Wildman–Crippen LogP) is 0.195. The van der Waals surface area contributed by atoms with Crippen LogP contribution in [0.4, 0.5) is 0 Å². The Morgan fingerprint density at radius 1 is 0.833 bits per heavy atom. The molecule has 4 aliphatic carbocycles. The van der Waals surface area contributed by atoms with Crippen molar-refractivity contribution in [3.05, 3.63) is 0 Å². The fourth-order valence-corrected chi connectivity index (χ4v) is 4.20. The molecular formula is C11H19K. The average molecular weight is 190 g/mol. The van der Waals surface area contributed by atoms with Crippen molar-refractivity contribution >= 4 is 0 Å². The van der Waals surface area contributed by atoms with Crippen LogP contribution in [0.1, 0.15) is 40.5 Å². The van der Waals surface area contributed by atoms with Gasteiger partial charge in [0.15, 0.2) is 0 Å². The quantitative estimate of drug-likeness (QED) is 0.479. The first-order valence-corrected chi connectivity index (χ1v) is 5.33. The van der Waals surface area contributed by atoms with Crippen molar-refractivity contribution in [2.75, 3.05) is 0 Å². The zero-order valence-corrected chi connectivity index (χ0v) is 11.5. The second kappa shape index (κ2) is 3.66. The molecule has 0 N–H and O–H groups in total. The molecular weight excluding hydrogens is 171 g/mol. The van der Waals surface area contributed by atoms with Crippen LogP contribution in [0, 0.1) is 29.6 Å². The van der Waals surface area contributed by atoms with Gasteiger partial charge in [-0.15, -0.1) is 0 Å². The Labute approximate surface area is 120 Å². The molecule has 64 valence electrons. The van der Waals surface area contributed by atoms with E-state index in [1.54, 1.807) is 32.1 Å². The first-order valence-electron chi connectivity index (χ1n) is 5.33. The van der Waals surface area contributed by atoms with Gasteiger partial charge in [-0.05, 0) is 61.7 Å². The van der Waals surface area contributed by atoms with Gasteiger partial charge in [0.05, 0.1) is 0 Å². The van der Waals surface area contributed by atoms with Crippen molar-refractivity contribution in [3.63, 3.8) is 0 Å². The molecule has 0 heterocycles. The van der Waals surface area contributed by atoms with E-state index in [2.05, 4.69) is 6.92 Å². The Kier molecular flexibility index (Phi) is 3.10. The van der Waals surface area contributed by atoms with Crippen LogP contribution in [0.15, 0.2) is 0 Å². The molecule has 0 aromatic rings. The molecule has 4 aliphatic rings. The summed E-state index contributed by atoms with van der Waals surface area (Å²) in [5.41, 5.74) is 0. The molecule has 0 spiro atoms. The molecule has 0 atom stereocenters. The van der Waals surface area contributed by atoms with Crippen LogP contribution in [0.5, 0.6) is 0 Å². The van der Waals surface area contributed by atoms with Crippen molar-refractivity contribution in [1.82, 2.24) is 0 Å². The minimum atomic E-state index is 0. The number of hydrogen-bond donors (Lipinski definition) is 0. The summed E-state index contributed by atoms with van der Waals surface area (Å²) in [7, 11) is 0. The Morgan fingerprint density at radius 3 is 1.67 bits per heavy atom. The molecule has 1 heteroatoms. The average Bonchev–Trinajstić information content (AvgIpc) is 1.98. The Bertz CT molecular complexity index is 153. The van der Waals surface area contributed by atoms with Gasteiger partial charge in [-0.3, -0.25) is 0 Å². The summed E-state index contributed by atoms with van der Waals surface area (Å²) in [5.74, 6) is 5.70. The summed E-state index contributed by atoms with van der Waals surface area (Å²) in [6.07, 6.45) is 7.96. The fraction of sp³-hybridized carbons (Fsp3) is 1.00. The van der Waals surface area contributed by atoms with Crippen LogP contribution in [-0.4, -0.2) is 0 Å². The molecule has 0 saturated heterocycles. The third-order valence-electron chi connectivity index (χ3n) is 4.70. The van der Waals surface area contributed by atoms with E-state index in [1.807, 2.05) is 0 Å². The van der Waals surface area contributed by atoms with Gasteiger partial charge in [0.25, 0.3) is 0 Å². The van der Waals surface area contributed by atoms with Gasteiger partial charge >= 0.3 is 51.4 Å². The van der Waals surface area contributed by atoms with E-state index in [0.717, 1.165) is 29.6 Å². The summed E-state index contributed by atoms with van der Waals surface area (Å²) in [6.45, 7) is 2.51. The zero-order valence-electron chi connectivity index (χ0n) is 9.42. The topological polar surface area (TPSA) is 0 Å². The molecule has 0 radical (unpaired) electrons. The predicted molar refractivity (Wildman–Crippen MR) is 47.3 cm³/mol. The van der Waals surface area contributed by atoms with E-state index in [4.69, 9.17) is 0 Å². The van der Waals surface area contributed by atoms with E-state index < -0.39 is 0 Å². The van der Waals surface area contributed by atoms with Gasteiger partial charge in [0.2, 0.25) is 0 Å². The first-order chi connectivity index (χ1) is 5.33. The maximum atomic E-state index is 2.51. The standard InChI is InChI=1S/C11H18.K.H/c1-7-10-3-8-2-9(5-10)6-11(7)4-8;;/h7-11H,2-6H2,1H3;;/q;+1;-1. The molecule has 0 aliphatic heterocycles. The maximum absolute atomic E-state index is 2.51. The van der Waals surface area contributed by atoms with Crippen LogP contribution in [0.2, 0.25) is 0 Å². The molecule has 0 aromatic carbocycles. The molecule has 4 bridgehead atoms. The van der Waals surface area contributed by atoms with Gasteiger partial charge in [0.1, 0.15) is 0 Å². The minimum Gasteiger partial charge on any atom is -1.00 e. The molecule has 0 nitrogen and oxygen atoms in total.